The number of aliphatic hydroxyl groups is 1. The molecule has 2 atom stereocenters. The van der Waals surface area contributed by atoms with E-state index >= 15 is 0 Å². The number of benzene rings is 1. The maximum absolute atomic E-state index is 11.5. The number of nitrogens with zero attached hydrogens (tertiary/aromatic N) is 1. The van der Waals surface area contributed by atoms with Crippen molar-refractivity contribution in [1.29, 1.82) is 0 Å². The number of rotatable bonds is 6. The van der Waals surface area contributed by atoms with Gasteiger partial charge in [-0.1, -0.05) is 13.0 Å². The average Bonchev–Trinajstić information content (AvgIpc) is 2.92. The molecule has 23 heavy (non-hydrogen) atoms. The molecule has 2 fully saturated rings. The molecule has 0 saturated carbocycles. The number of nitrogens with one attached hydrogen (secondary N) is 1. The summed E-state index contributed by atoms with van der Waals surface area (Å²) in [6, 6.07) is 6.45. The highest BCUT2D eigenvalue weighted by molar-refractivity contribution is 5.79. The standard InChI is InChI=1S/C18H26N2O3/c1-2-7-23-17-4-3-13(8-15(17)12-21)10-20-6-5-16-14(11-20)9-18(22)19-16/h3-4,8,14,16,21H,2,5-7,9-12H2,1H3,(H,19,22)/t14-,16+/m1/s1. The third kappa shape index (κ3) is 3.85. The van der Waals surface area contributed by atoms with Gasteiger partial charge in [0.1, 0.15) is 5.75 Å². The second-order valence-electron chi connectivity index (χ2n) is 6.61. The number of carbonyl (C=O) groups excluding carboxylic acids is 1. The Kier molecular flexibility index (Phi) is 5.18. The Labute approximate surface area is 137 Å². The van der Waals surface area contributed by atoms with Crippen LogP contribution in [0.25, 0.3) is 0 Å². The third-order valence-electron chi connectivity index (χ3n) is 4.78. The van der Waals surface area contributed by atoms with Crippen LogP contribution in [0.15, 0.2) is 18.2 Å². The molecule has 0 radical (unpaired) electrons. The summed E-state index contributed by atoms with van der Waals surface area (Å²) in [5.74, 6) is 1.42. The van der Waals surface area contributed by atoms with E-state index in [0.717, 1.165) is 43.8 Å². The smallest absolute Gasteiger partial charge is 0.220 e. The van der Waals surface area contributed by atoms with Gasteiger partial charge < -0.3 is 15.2 Å². The van der Waals surface area contributed by atoms with Crippen LogP contribution in [0.2, 0.25) is 0 Å². The van der Waals surface area contributed by atoms with E-state index in [1.165, 1.54) is 5.56 Å². The molecule has 2 saturated heterocycles. The lowest BCUT2D eigenvalue weighted by atomic mass is 9.93. The topological polar surface area (TPSA) is 61.8 Å². The van der Waals surface area contributed by atoms with Crippen LogP contribution >= 0.6 is 0 Å². The van der Waals surface area contributed by atoms with Gasteiger partial charge in [-0.3, -0.25) is 9.69 Å². The number of piperidine rings is 1. The number of amides is 1. The lowest BCUT2D eigenvalue weighted by molar-refractivity contribution is -0.119. The predicted octanol–water partition coefficient (Wildman–Crippen LogP) is 1.68. The molecule has 5 heteroatoms. The molecule has 1 aromatic carbocycles. The highest BCUT2D eigenvalue weighted by Gasteiger charge is 2.36. The van der Waals surface area contributed by atoms with Gasteiger partial charge in [0.15, 0.2) is 0 Å². The maximum Gasteiger partial charge on any atom is 0.220 e. The second kappa shape index (κ2) is 7.32. The maximum atomic E-state index is 11.5. The van der Waals surface area contributed by atoms with Crippen LogP contribution in [0.1, 0.15) is 37.3 Å². The fourth-order valence-electron chi connectivity index (χ4n) is 3.62. The third-order valence-corrected chi connectivity index (χ3v) is 4.78. The molecule has 1 amide bonds. The van der Waals surface area contributed by atoms with Crippen molar-refractivity contribution in [2.24, 2.45) is 5.92 Å². The number of likely N-dealkylation sites (tertiary alicyclic amines) is 1. The van der Waals surface area contributed by atoms with E-state index in [4.69, 9.17) is 4.74 Å². The molecular formula is C18H26N2O3. The van der Waals surface area contributed by atoms with Crippen molar-refractivity contribution in [3.8, 4) is 5.75 Å². The SMILES string of the molecule is CCCOc1ccc(CN2CC[C@@H]3NC(=O)C[C@@H]3C2)cc1CO. The molecule has 2 aliphatic heterocycles. The van der Waals surface area contributed by atoms with Gasteiger partial charge in [0.05, 0.1) is 13.2 Å². The summed E-state index contributed by atoms with van der Waals surface area (Å²) in [4.78, 5) is 13.9. The Bertz CT molecular complexity index is 561. The molecule has 2 aliphatic rings. The molecule has 0 bridgehead atoms. The summed E-state index contributed by atoms with van der Waals surface area (Å²) in [6.45, 7) is 5.56. The Morgan fingerprint density at radius 1 is 1.43 bits per heavy atom. The second-order valence-corrected chi connectivity index (χ2v) is 6.61. The zero-order chi connectivity index (χ0) is 16.2. The lowest BCUT2D eigenvalue weighted by Crippen LogP contribution is -2.44. The summed E-state index contributed by atoms with van der Waals surface area (Å²) < 4.78 is 5.67. The molecule has 126 valence electrons. The van der Waals surface area contributed by atoms with Crippen molar-refractivity contribution in [2.75, 3.05) is 19.7 Å². The predicted molar refractivity (Wildman–Crippen MR) is 88.1 cm³/mol. The van der Waals surface area contributed by atoms with Crippen LogP contribution in [-0.2, 0) is 17.9 Å². The van der Waals surface area contributed by atoms with Gasteiger partial charge in [-0.25, -0.2) is 0 Å². The van der Waals surface area contributed by atoms with Crippen LogP contribution in [0, 0.1) is 5.92 Å². The summed E-state index contributed by atoms with van der Waals surface area (Å²) in [7, 11) is 0. The lowest BCUT2D eigenvalue weighted by Gasteiger charge is -2.34. The fraction of sp³-hybridized carbons (Fsp3) is 0.611. The van der Waals surface area contributed by atoms with E-state index in [-0.39, 0.29) is 12.5 Å². The molecule has 3 rings (SSSR count). The Morgan fingerprint density at radius 2 is 2.30 bits per heavy atom. The first-order chi connectivity index (χ1) is 11.2. The van der Waals surface area contributed by atoms with Crippen molar-refractivity contribution in [2.45, 2.75) is 45.4 Å². The molecule has 0 unspecified atom stereocenters. The van der Waals surface area contributed by atoms with Crippen molar-refractivity contribution in [3.05, 3.63) is 29.3 Å². The van der Waals surface area contributed by atoms with Gasteiger partial charge in [0.2, 0.25) is 5.91 Å². The van der Waals surface area contributed by atoms with Gasteiger partial charge in [0, 0.05) is 43.6 Å². The largest absolute Gasteiger partial charge is 0.493 e. The van der Waals surface area contributed by atoms with E-state index in [0.29, 0.717) is 25.0 Å². The summed E-state index contributed by atoms with van der Waals surface area (Å²) >= 11 is 0. The van der Waals surface area contributed by atoms with Gasteiger partial charge in [-0.2, -0.15) is 0 Å². The monoisotopic (exact) mass is 318 g/mol. The molecule has 1 aromatic rings. The number of hydrogen-bond acceptors (Lipinski definition) is 4. The quantitative estimate of drug-likeness (QED) is 0.838. The minimum atomic E-state index is -0.00396. The zero-order valence-electron chi connectivity index (χ0n) is 13.8. The van der Waals surface area contributed by atoms with E-state index in [1.54, 1.807) is 0 Å². The van der Waals surface area contributed by atoms with Crippen LogP contribution in [0.5, 0.6) is 5.75 Å². The molecule has 0 aliphatic carbocycles. The van der Waals surface area contributed by atoms with E-state index in [2.05, 4.69) is 23.2 Å². The van der Waals surface area contributed by atoms with Crippen LogP contribution < -0.4 is 10.1 Å². The Morgan fingerprint density at radius 3 is 3.09 bits per heavy atom. The average molecular weight is 318 g/mol. The molecule has 5 nitrogen and oxygen atoms in total. The zero-order valence-corrected chi connectivity index (χ0v) is 13.8. The summed E-state index contributed by atoms with van der Waals surface area (Å²) in [5, 5.41) is 12.6. The van der Waals surface area contributed by atoms with Crippen molar-refractivity contribution in [3.63, 3.8) is 0 Å². The van der Waals surface area contributed by atoms with Crippen molar-refractivity contribution >= 4 is 5.91 Å². The number of fused-ring (bicyclic) bond motifs is 1. The fourth-order valence-corrected chi connectivity index (χ4v) is 3.62. The van der Waals surface area contributed by atoms with Crippen LogP contribution in [0.3, 0.4) is 0 Å². The molecule has 2 heterocycles. The van der Waals surface area contributed by atoms with E-state index in [9.17, 15) is 9.90 Å². The van der Waals surface area contributed by atoms with E-state index < -0.39 is 0 Å². The van der Waals surface area contributed by atoms with Gasteiger partial charge >= 0.3 is 0 Å². The number of ether oxygens (including phenoxy) is 1. The Hall–Kier alpha value is -1.59. The highest BCUT2D eigenvalue weighted by Crippen LogP contribution is 2.27. The van der Waals surface area contributed by atoms with Gasteiger partial charge in [-0.05, 0) is 30.5 Å². The highest BCUT2D eigenvalue weighted by atomic mass is 16.5. The Balaban J connectivity index is 1.62. The summed E-state index contributed by atoms with van der Waals surface area (Å²) in [6.07, 6.45) is 2.64. The van der Waals surface area contributed by atoms with Crippen molar-refractivity contribution in [1.82, 2.24) is 10.2 Å². The minimum Gasteiger partial charge on any atom is -0.493 e. The normalized spacial score (nSPS) is 24.3. The van der Waals surface area contributed by atoms with Gasteiger partial charge in [0.25, 0.3) is 0 Å². The molecule has 0 spiro atoms. The first-order valence-electron chi connectivity index (χ1n) is 8.56. The van der Waals surface area contributed by atoms with Crippen LogP contribution in [-0.4, -0.2) is 41.7 Å². The molecule has 0 aromatic heterocycles. The number of hydrogen-bond donors (Lipinski definition) is 2. The van der Waals surface area contributed by atoms with E-state index in [1.807, 2.05) is 12.1 Å². The first kappa shape index (κ1) is 16.3. The first-order valence-corrected chi connectivity index (χ1v) is 8.56. The minimum absolute atomic E-state index is 0.00396. The number of carbonyl (C=O) groups is 1. The number of aliphatic hydroxyl groups excluding tert-OH is 1. The van der Waals surface area contributed by atoms with Crippen LogP contribution in [0.4, 0.5) is 0 Å². The van der Waals surface area contributed by atoms with Crippen molar-refractivity contribution < 1.29 is 14.6 Å². The summed E-state index contributed by atoms with van der Waals surface area (Å²) in [5.41, 5.74) is 2.04. The molecular weight excluding hydrogens is 292 g/mol. The molecule has 2 N–H and O–H groups in total. The van der Waals surface area contributed by atoms with Gasteiger partial charge in [-0.15, -0.1) is 0 Å².